The van der Waals surface area contributed by atoms with Gasteiger partial charge in [-0.1, -0.05) is 12.1 Å². The van der Waals surface area contributed by atoms with E-state index in [-0.39, 0.29) is 29.8 Å². The molecule has 1 amide bonds. The average Bonchev–Trinajstić information content (AvgIpc) is 3.20. The summed E-state index contributed by atoms with van der Waals surface area (Å²) in [5.41, 5.74) is -1.00. The molecular weight excluding hydrogens is 425 g/mol. The first-order valence-corrected chi connectivity index (χ1v) is 11.4. The van der Waals surface area contributed by atoms with Crippen LogP contribution in [-0.2, 0) is 27.5 Å². The molecule has 0 aliphatic carbocycles. The molecule has 10 heteroatoms. The van der Waals surface area contributed by atoms with Gasteiger partial charge in [-0.2, -0.15) is 17.5 Å². The van der Waals surface area contributed by atoms with E-state index in [2.05, 4.69) is 0 Å². The first kappa shape index (κ1) is 21.8. The van der Waals surface area contributed by atoms with Gasteiger partial charge >= 0.3 is 6.18 Å². The molecule has 0 atom stereocenters. The van der Waals surface area contributed by atoms with E-state index in [0.29, 0.717) is 25.5 Å². The van der Waals surface area contributed by atoms with Crippen LogP contribution in [0.1, 0.15) is 23.3 Å². The smallest absolute Gasteiger partial charge is 0.340 e. The quantitative estimate of drug-likeness (QED) is 0.702. The van der Waals surface area contributed by atoms with Crippen molar-refractivity contribution in [1.29, 1.82) is 0 Å². The van der Waals surface area contributed by atoms with Crippen LogP contribution in [0.5, 0.6) is 0 Å². The van der Waals surface area contributed by atoms with Gasteiger partial charge in [0.15, 0.2) is 0 Å². The third-order valence-corrected chi connectivity index (χ3v) is 7.71. The summed E-state index contributed by atoms with van der Waals surface area (Å²) in [6, 6.07) is 7.60. The number of piperidine rings is 1. The lowest BCUT2D eigenvalue weighted by molar-refractivity contribution is -0.138. The molecule has 1 aromatic heterocycles. The Labute approximate surface area is 171 Å². The summed E-state index contributed by atoms with van der Waals surface area (Å²) in [7, 11) is -2.33. The second-order valence-corrected chi connectivity index (χ2v) is 9.95. The predicted octanol–water partition coefficient (Wildman–Crippen LogP) is 3.83. The highest BCUT2D eigenvalue weighted by atomic mass is 32.2. The Morgan fingerprint density at radius 3 is 2.48 bits per heavy atom. The molecule has 3 rings (SSSR count). The monoisotopic (exact) mass is 446 g/mol. The Balaban J connectivity index is 1.64. The second-order valence-electron chi connectivity index (χ2n) is 6.98. The van der Waals surface area contributed by atoms with Crippen molar-refractivity contribution >= 4 is 27.3 Å². The fraction of sp³-hybridized carbons (Fsp3) is 0.421. The highest BCUT2D eigenvalue weighted by Crippen LogP contribution is 2.32. The van der Waals surface area contributed by atoms with Crippen molar-refractivity contribution in [1.82, 2.24) is 9.21 Å². The molecule has 29 heavy (non-hydrogen) atoms. The van der Waals surface area contributed by atoms with Crippen molar-refractivity contribution in [2.75, 3.05) is 20.1 Å². The second kappa shape index (κ2) is 8.45. The molecule has 0 saturated carbocycles. The van der Waals surface area contributed by atoms with E-state index in [0.717, 1.165) is 27.4 Å². The summed E-state index contributed by atoms with van der Waals surface area (Å²) in [5, 5.41) is 1.94. The molecule has 1 saturated heterocycles. The normalized spacial score (nSPS) is 16.7. The molecule has 1 aromatic carbocycles. The summed E-state index contributed by atoms with van der Waals surface area (Å²) in [5.74, 6) is -0.345. The minimum Gasteiger partial charge on any atom is -0.340 e. The van der Waals surface area contributed by atoms with E-state index >= 15 is 0 Å². The van der Waals surface area contributed by atoms with Crippen LogP contribution in [0.25, 0.3) is 0 Å². The fourth-order valence-corrected chi connectivity index (χ4v) is 5.62. The van der Waals surface area contributed by atoms with Crippen molar-refractivity contribution in [3.05, 3.63) is 52.2 Å². The van der Waals surface area contributed by atoms with Crippen molar-refractivity contribution in [3.63, 3.8) is 0 Å². The van der Waals surface area contributed by atoms with Crippen molar-refractivity contribution in [2.24, 2.45) is 5.92 Å². The van der Waals surface area contributed by atoms with Crippen LogP contribution < -0.4 is 0 Å². The summed E-state index contributed by atoms with van der Waals surface area (Å²) in [6.45, 7) is 0.697. The molecule has 0 unspecified atom stereocenters. The van der Waals surface area contributed by atoms with E-state index in [9.17, 15) is 26.4 Å². The summed E-state index contributed by atoms with van der Waals surface area (Å²) >= 11 is 1.56. The van der Waals surface area contributed by atoms with Gasteiger partial charge in [0, 0.05) is 30.9 Å². The van der Waals surface area contributed by atoms with Gasteiger partial charge in [-0.25, -0.2) is 8.42 Å². The zero-order valence-corrected chi connectivity index (χ0v) is 17.4. The predicted molar refractivity (Wildman–Crippen MR) is 104 cm³/mol. The standard InChI is InChI=1S/C19H21F3N2O3S2/c1-23(13-16-5-3-11-28-16)18(25)14-7-9-24(10-8-14)29(26,27)17-6-2-4-15(12-17)19(20,21)22/h2-6,11-12,14H,7-10,13H2,1H3. The number of hydrogen-bond donors (Lipinski definition) is 0. The van der Waals surface area contributed by atoms with Gasteiger partial charge < -0.3 is 4.90 Å². The number of rotatable bonds is 5. The fourth-order valence-electron chi connectivity index (χ4n) is 3.35. The van der Waals surface area contributed by atoms with Gasteiger partial charge in [-0.3, -0.25) is 4.79 Å². The number of amides is 1. The number of halogens is 3. The number of benzene rings is 1. The molecule has 1 aliphatic rings. The zero-order valence-electron chi connectivity index (χ0n) is 15.7. The van der Waals surface area contributed by atoms with Gasteiger partial charge in [-0.05, 0) is 42.5 Å². The molecule has 2 aromatic rings. The Morgan fingerprint density at radius 1 is 1.21 bits per heavy atom. The molecule has 5 nitrogen and oxygen atoms in total. The van der Waals surface area contributed by atoms with E-state index in [4.69, 9.17) is 0 Å². The van der Waals surface area contributed by atoms with Gasteiger partial charge in [0.1, 0.15) is 0 Å². The maximum Gasteiger partial charge on any atom is 0.416 e. The van der Waals surface area contributed by atoms with Crippen LogP contribution in [0.4, 0.5) is 13.2 Å². The molecular formula is C19H21F3N2O3S2. The molecule has 158 valence electrons. The largest absolute Gasteiger partial charge is 0.416 e. The van der Waals surface area contributed by atoms with Gasteiger partial charge in [0.25, 0.3) is 0 Å². The minimum absolute atomic E-state index is 0.0467. The lowest BCUT2D eigenvalue weighted by Crippen LogP contribution is -2.43. The average molecular weight is 447 g/mol. The Hall–Kier alpha value is -1.91. The number of nitrogens with zero attached hydrogens (tertiary/aromatic N) is 2. The van der Waals surface area contributed by atoms with E-state index in [1.165, 1.54) is 0 Å². The summed E-state index contributed by atoms with van der Waals surface area (Å²) in [6.07, 6.45) is -3.93. The lowest BCUT2D eigenvalue weighted by atomic mass is 9.96. The molecule has 0 N–H and O–H groups in total. The molecule has 0 spiro atoms. The summed E-state index contributed by atoms with van der Waals surface area (Å²) in [4.78, 5) is 15.0. The van der Waals surface area contributed by atoms with Crippen LogP contribution >= 0.6 is 11.3 Å². The highest BCUT2D eigenvalue weighted by molar-refractivity contribution is 7.89. The van der Waals surface area contributed by atoms with Crippen molar-refractivity contribution in [2.45, 2.75) is 30.5 Å². The molecule has 1 fully saturated rings. The SMILES string of the molecule is CN(Cc1cccs1)C(=O)C1CCN(S(=O)(=O)c2cccc(C(F)(F)F)c2)CC1. The van der Waals surface area contributed by atoms with Gasteiger partial charge in [0.05, 0.1) is 17.0 Å². The third-order valence-electron chi connectivity index (χ3n) is 4.95. The first-order valence-electron chi connectivity index (χ1n) is 9.04. The van der Waals surface area contributed by atoms with Crippen LogP contribution in [0.2, 0.25) is 0 Å². The molecule has 0 radical (unpaired) electrons. The maximum absolute atomic E-state index is 12.9. The third kappa shape index (κ3) is 4.99. The van der Waals surface area contributed by atoms with Crippen molar-refractivity contribution < 1.29 is 26.4 Å². The number of sulfonamides is 1. The topological polar surface area (TPSA) is 57.7 Å². The Kier molecular flexibility index (Phi) is 6.35. The van der Waals surface area contributed by atoms with E-state index in [1.807, 2.05) is 17.5 Å². The van der Waals surface area contributed by atoms with E-state index in [1.54, 1.807) is 23.3 Å². The van der Waals surface area contributed by atoms with Gasteiger partial charge in [0.2, 0.25) is 15.9 Å². The van der Waals surface area contributed by atoms with E-state index < -0.39 is 21.8 Å². The van der Waals surface area contributed by atoms with Crippen LogP contribution in [0.15, 0.2) is 46.7 Å². The molecule has 0 bridgehead atoms. The van der Waals surface area contributed by atoms with Crippen LogP contribution in [0, 0.1) is 5.92 Å². The number of alkyl halides is 3. The number of hydrogen-bond acceptors (Lipinski definition) is 4. The zero-order chi connectivity index (χ0) is 21.2. The Morgan fingerprint density at radius 2 is 1.90 bits per heavy atom. The van der Waals surface area contributed by atoms with Crippen LogP contribution in [-0.4, -0.2) is 43.7 Å². The molecule has 2 heterocycles. The van der Waals surface area contributed by atoms with Crippen LogP contribution in [0.3, 0.4) is 0 Å². The number of thiophene rings is 1. The summed E-state index contributed by atoms with van der Waals surface area (Å²) < 4.78 is 65.4. The first-order chi connectivity index (χ1) is 13.6. The van der Waals surface area contributed by atoms with Crippen molar-refractivity contribution in [3.8, 4) is 0 Å². The van der Waals surface area contributed by atoms with Gasteiger partial charge in [-0.15, -0.1) is 11.3 Å². The maximum atomic E-state index is 12.9. The Bertz CT molecular complexity index is 951. The minimum atomic E-state index is -4.61. The lowest BCUT2D eigenvalue weighted by Gasteiger charge is -2.32. The number of carbonyl (C=O) groups is 1. The number of carbonyl (C=O) groups excluding carboxylic acids is 1. The highest BCUT2D eigenvalue weighted by Gasteiger charge is 2.35. The molecule has 1 aliphatic heterocycles.